The number of methoxy groups -OCH3 is 1. The highest BCUT2D eigenvalue weighted by molar-refractivity contribution is 5.20. The summed E-state index contributed by atoms with van der Waals surface area (Å²) in [4.78, 5) is 0. The Morgan fingerprint density at radius 2 is 2.00 bits per heavy atom. The molecule has 2 nitrogen and oxygen atoms in total. The van der Waals surface area contributed by atoms with Gasteiger partial charge in [-0.1, -0.05) is 19.1 Å². The van der Waals surface area contributed by atoms with Gasteiger partial charge in [-0.2, -0.15) is 0 Å². The van der Waals surface area contributed by atoms with E-state index in [1.165, 1.54) is 17.7 Å². The zero-order valence-electron chi connectivity index (χ0n) is 10.0. The quantitative estimate of drug-likeness (QED) is 0.720. The van der Waals surface area contributed by atoms with Crippen LogP contribution in [0, 0.1) is 5.82 Å². The first-order chi connectivity index (χ1) is 7.77. The first-order valence-electron chi connectivity index (χ1n) is 5.73. The monoisotopic (exact) mass is 225 g/mol. The fraction of sp³-hybridized carbons (Fsp3) is 0.538. The van der Waals surface area contributed by atoms with Crippen LogP contribution in [-0.2, 0) is 4.74 Å². The molecule has 0 saturated heterocycles. The molecule has 0 aliphatic heterocycles. The van der Waals surface area contributed by atoms with Crippen LogP contribution in [0.25, 0.3) is 0 Å². The third kappa shape index (κ3) is 4.29. The Kier molecular flexibility index (Phi) is 6.04. The summed E-state index contributed by atoms with van der Waals surface area (Å²) in [5, 5.41) is 3.33. The minimum atomic E-state index is -0.175. The lowest BCUT2D eigenvalue weighted by Crippen LogP contribution is -2.24. The highest BCUT2D eigenvalue weighted by Crippen LogP contribution is 2.18. The summed E-state index contributed by atoms with van der Waals surface area (Å²) in [6.45, 7) is 4.63. The minimum absolute atomic E-state index is 0.175. The van der Waals surface area contributed by atoms with Gasteiger partial charge >= 0.3 is 0 Å². The fourth-order valence-corrected chi connectivity index (χ4v) is 1.68. The van der Waals surface area contributed by atoms with E-state index >= 15 is 0 Å². The van der Waals surface area contributed by atoms with Crippen molar-refractivity contribution in [2.75, 3.05) is 26.8 Å². The van der Waals surface area contributed by atoms with Crippen LogP contribution in [0.2, 0.25) is 0 Å². The second-order valence-electron chi connectivity index (χ2n) is 3.85. The SMILES string of the molecule is CCC(CNCCOC)c1ccc(F)cc1. The third-order valence-electron chi connectivity index (χ3n) is 2.71. The first-order valence-corrected chi connectivity index (χ1v) is 5.73. The van der Waals surface area contributed by atoms with Gasteiger partial charge in [-0.25, -0.2) is 4.39 Å². The van der Waals surface area contributed by atoms with E-state index in [2.05, 4.69) is 12.2 Å². The molecule has 0 saturated carbocycles. The van der Waals surface area contributed by atoms with Gasteiger partial charge in [-0.3, -0.25) is 0 Å². The van der Waals surface area contributed by atoms with Gasteiger partial charge in [-0.05, 0) is 30.0 Å². The lowest BCUT2D eigenvalue weighted by molar-refractivity contribution is 0.199. The molecule has 0 amide bonds. The van der Waals surface area contributed by atoms with Crippen LogP contribution in [0.4, 0.5) is 4.39 Å². The van der Waals surface area contributed by atoms with Crippen molar-refractivity contribution in [3.63, 3.8) is 0 Å². The van der Waals surface area contributed by atoms with Gasteiger partial charge in [0.25, 0.3) is 0 Å². The van der Waals surface area contributed by atoms with Gasteiger partial charge in [0, 0.05) is 20.2 Å². The topological polar surface area (TPSA) is 21.3 Å². The van der Waals surface area contributed by atoms with E-state index in [9.17, 15) is 4.39 Å². The van der Waals surface area contributed by atoms with Crippen LogP contribution in [-0.4, -0.2) is 26.8 Å². The number of halogens is 1. The molecule has 0 radical (unpaired) electrons. The van der Waals surface area contributed by atoms with E-state index in [-0.39, 0.29) is 5.82 Å². The molecule has 1 rings (SSSR count). The van der Waals surface area contributed by atoms with Gasteiger partial charge in [0.2, 0.25) is 0 Å². The van der Waals surface area contributed by atoms with E-state index in [4.69, 9.17) is 4.74 Å². The fourth-order valence-electron chi connectivity index (χ4n) is 1.68. The molecule has 1 aromatic rings. The third-order valence-corrected chi connectivity index (χ3v) is 2.71. The molecule has 0 spiro atoms. The van der Waals surface area contributed by atoms with Gasteiger partial charge in [0.05, 0.1) is 6.61 Å². The summed E-state index contributed by atoms with van der Waals surface area (Å²) in [5.41, 5.74) is 1.19. The van der Waals surface area contributed by atoms with Crippen molar-refractivity contribution in [3.05, 3.63) is 35.6 Å². The lowest BCUT2D eigenvalue weighted by Gasteiger charge is -2.16. The van der Waals surface area contributed by atoms with Gasteiger partial charge in [-0.15, -0.1) is 0 Å². The molecule has 0 heterocycles. The predicted octanol–water partition coefficient (Wildman–Crippen LogP) is 2.56. The molecule has 1 aromatic carbocycles. The molecule has 3 heteroatoms. The molecule has 1 N–H and O–H groups in total. The molecular weight excluding hydrogens is 205 g/mol. The van der Waals surface area contributed by atoms with E-state index in [1.807, 2.05) is 12.1 Å². The maximum absolute atomic E-state index is 12.8. The lowest BCUT2D eigenvalue weighted by atomic mass is 9.96. The Balaban J connectivity index is 2.44. The van der Waals surface area contributed by atoms with E-state index in [1.54, 1.807) is 7.11 Å². The second kappa shape index (κ2) is 7.36. The molecule has 90 valence electrons. The van der Waals surface area contributed by atoms with Gasteiger partial charge in [0.1, 0.15) is 5.82 Å². The Morgan fingerprint density at radius 1 is 1.31 bits per heavy atom. The standard InChI is InChI=1S/C13H20FNO/c1-3-11(10-15-8-9-16-2)12-4-6-13(14)7-5-12/h4-7,11,15H,3,8-10H2,1-2H3. The molecule has 1 unspecified atom stereocenters. The van der Waals surface area contributed by atoms with Crippen LogP contribution in [0.15, 0.2) is 24.3 Å². The number of ether oxygens (including phenoxy) is 1. The molecule has 16 heavy (non-hydrogen) atoms. The maximum atomic E-state index is 12.8. The predicted molar refractivity (Wildman–Crippen MR) is 64.2 cm³/mol. The number of hydrogen-bond donors (Lipinski definition) is 1. The van der Waals surface area contributed by atoms with Crippen LogP contribution in [0.1, 0.15) is 24.8 Å². The van der Waals surface area contributed by atoms with E-state index in [0.717, 1.165) is 26.1 Å². The van der Waals surface area contributed by atoms with Crippen molar-refractivity contribution < 1.29 is 9.13 Å². The molecule has 0 aliphatic carbocycles. The van der Waals surface area contributed by atoms with Crippen molar-refractivity contribution in [2.45, 2.75) is 19.3 Å². The highest BCUT2D eigenvalue weighted by Gasteiger charge is 2.08. The number of nitrogens with one attached hydrogen (secondary N) is 1. The molecule has 0 aromatic heterocycles. The number of benzene rings is 1. The summed E-state index contributed by atoms with van der Waals surface area (Å²) in [5.74, 6) is 0.267. The Labute approximate surface area is 96.8 Å². The number of rotatable bonds is 7. The summed E-state index contributed by atoms with van der Waals surface area (Å²) < 4.78 is 17.7. The van der Waals surface area contributed by atoms with Crippen molar-refractivity contribution in [1.82, 2.24) is 5.32 Å². The highest BCUT2D eigenvalue weighted by atomic mass is 19.1. The minimum Gasteiger partial charge on any atom is -0.383 e. The van der Waals surface area contributed by atoms with Crippen molar-refractivity contribution in [2.24, 2.45) is 0 Å². The Bertz CT molecular complexity index is 286. The van der Waals surface area contributed by atoms with Crippen molar-refractivity contribution in [3.8, 4) is 0 Å². The van der Waals surface area contributed by atoms with Gasteiger partial charge in [0.15, 0.2) is 0 Å². The van der Waals surface area contributed by atoms with E-state index < -0.39 is 0 Å². The summed E-state index contributed by atoms with van der Waals surface area (Å²) >= 11 is 0. The van der Waals surface area contributed by atoms with Crippen molar-refractivity contribution in [1.29, 1.82) is 0 Å². The van der Waals surface area contributed by atoms with Crippen LogP contribution < -0.4 is 5.32 Å². The Hall–Kier alpha value is -0.930. The average molecular weight is 225 g/mol. The molecule has 0 fully saturated rings. The second-order valence-corrected chi connectivity index (χ2v) is 3.85. The van der Waals surface area contributed by atoms with Crippen LogP contribution >= 0.6 is 0 Å². The molecule has 0 bridgehead atoms. The van der Waals surface area contributed by atoms with E-state index in [0.29, 0.717) is 5.92 Å². The number of hydrogen-bond acceptors (Lipinski definition) is 2. The average Bonchev–Trinajstić information content (AvgIpc) is 2.31. The molecule has 0 aliphatic rings. The van der Waals surface area contributed by atoms with Crippen LogP contribution in [0.3, 0.4) is 0 Å². The van der Waals surface area contributed by atoms with Gasteiger partial charge < -0.3 is 10.1 Å². The summed E-state index contributed by atoms with van der Waals surface area (Å²) in [6, 6.07) is 6.77. The maximum Gasteiger partial charge on any atom is 0.123 e. The summed E-state index contributed by atoms with van der Waals surface area (Å²) in [7, 11) is 1.69. The van der Waals surface area contributed by atoms with Crippen molar-refractivity contribution >= 4 is 0 Å². The molecule has 1 atom stereocenters. The summed E-state index contributed by atoms with van der Waals surface area (Å²) in [6.07, 6.45) is 1.05. The molecular formula is C13H20FNO. The zero-order valence-corrected chi connectivity index (χ0v) is 10.0. The normalized spacial score (nSPS) is 12.7. The largest absolute Gasteiger partial charge is 0.383 e. The zero-order chi connectivity index (χ0) is 11.8. The van der Waals surface area contributed by atoms with Crippen LogP contribution in [0.5, 0.6) is 0 Å². The Morgan fingerprint density at radius 3 is 2.56 bits per heavy atom. The first kappa shape index (κ1) is 13.1. The smallest absolute Gasteiger partial charge is 0.123 e.